The molecule has 3 aromatic carbocycles. The van der Waals surface area contributed by atoms with Crippen molar-refractivity contribution in [2.24, 2.45) is 0 Å². The molecule has 0 spiro atoms. The van der Waals surface area contributed by atoms with Gasteiger partial charge in [-0.15, -0.1) is 0 Å². The molecule has 9 heteroatoms. The SMILES string of the molecule is O=C1NC(=O)N(c2ccc(F)cc2)C(=O)/C1=C/c1cn(Cc2cccc(C(=O)O)c2)c2ccccc12. The highest BCUT2D eigenvalue weighted by atomic mass is 19.1. The molecule has 0 bridgehead atoms. The molecular weight excluding hydrogens is 465 g/mol. The molecule has 5 rings (SSSR count). The molecule has 4 aromatic rings. The number of carbonyl (C=O) groups excluding carboxylic acids is 3. The molecule has 2 heterocycles. The van der Waals surface area contributed by atoms with E-state index in [-0.39, 0.29) is 16.8 Å². The number of nitrogens with one attached hydrogen (secondary N) is 1. The number of carbonyl (C=O) groups is 4. The van der Waals surface area contributed by atoms with E-state index in [2.05, 4.69) is 5.32 Å². The Labute approximate surface area is 203 Å². The number of rotatable bonds is 5. The highest BCUT2D eigenvalue weighted by molar-refractivity contribution is 6.39. The van der Waals surface area contributed by atoms with Crippen molar-refractivity contribution in [2.45, 2.75) is 6.54 Å². The van der Waals surface area contributed by atoms with Crippen LogP contribution in [0.2, 0.25) is 0 Å². The van der Waals surface area contributed by atoms with E-state index in [0.29, 0.717) is 12.1 Å². The molecule has 2 N–H and O–H groups in total. The quantitative estimate of drug-likeness (QED) is 0.327. The summed E-state index contributed by atoms with van der Waals surface area (Å²) in [5.41, 5.74) is 2.16. The summed E-state index contributed by atoms with van der Waals surface area (Å²) in [5, 5.41) is 12.2. The first-order valence-electron chi connectivity index (χ1n) is 10.9. The van der Waals surface area contributed by atoms with Crippen molar-refractivity contribution in [1.29, 1.82) is 0 Å². The van der Waals surface area contributed by atoms with Crippen molar-refractivity contribution in [3.05, 3.63) is 107 Å². The number of carboxylic acid groups (broad SMARTS) is 1. The van der Waals surface area contributed by atoms with Gasteiger partial charge in [-0.1, -0.05) is 30.3 Å². The lowest BCUT2D eigenvalue weighted by atomic mass is 10.1. The van der Waals surface area contributed by atoms with Crippen LogP contribution >= 0.6 is 0 Å². The van der Waals surface area contributed by atoms with Gasteiger partial charge in [0.1, 0.15) is 11.4 Å². The van der Waals surface area contributed by atoms with Gasteiger partial charge in [0.05, 0.1) is 11.3 Å². The Kier molecular flexibility index (Phi) is 5.65. The molecule has 0 saturated carbocycles. The van der Waals surface area contributed by atoms with E-state index in [0.717, 1.165) is 33.5 Å². The third-order valence-electron chi connectivity index (χ3n) is 5.83. The number of urea groups is 1. The smallest absolute Gasteiger partial charge is 0.335 e. The van der Waals surface area contributed by atoms with Gasteiger partial charge in [0.25, 0.3) is 11.8 Å². The van der Waals surface area contributed by atoms with Crippen LogP contribution in [-0.4, -0.2) is 33.5 Å². The highest BCUT2D eigenvalue weighted by Crippen LogP contribution is 2.27. The van der Waals surface area contributed by atoms with E-state index in [4.69, 9.17) is 0 Å². The summed E-state index contributed by atoms with van der Waals surface area (Å²) in [5.74, 6) is -3.23. The molecule has 1 saturated heterocycles. The van der Waals surface area contributed by atoms with Gasteiger partial charge in [0.15, 0.2) is 0 Å². The molecule has 1 aromatic heterocycles. The fourth-order valence-electron chi connectivity index (χ4n) is 4.16. The normalized spacial score (nSPS) is 15.0. The number of fused-ring (bicyclic) bond motifs is 1. The topological polar surface area (TPSA) is 109 Å². The van der Waals surface area contributed by atoms with Gasteiger partial charge in [-0.2, -0.15) is 0 Å². The molecule has 0 radical (unpaired) electrons. The number of barbiturate groups is 1. The zero-order chi connectivity index (χ0) is 25.4. The summed E-state index contributed by atoms with van der Waals surface area (Å²) in [7, 11) is 0. The second-order valence-electron chi connectivity index (χ2n) is 8.17. The van der Waals surface area contributed by atoms with Crippen LogP contribution in [-0.2, 0) is 16.1 Å². The standard InChI is InChI=1S/C27H18FN3O5/c28-19-8-10-20(11-9-19)31-25(33)22(24(32)29-27(31)36)13-18-15-30(23-7-2-1-6-21(18)23)14-16-4-3-5-17(12-16)26(34)35/h1-13,15H,14H2,(H,34,35)(H,29,32,36)/b22-13+. The van der Waals surface area contributed by atoms with Crippen LogP contribution in [0.4, 0.5) is 14.9 Å². The van der Waals surface area contributed by atoms with Gasteiger partial charge >= 0.3 is 12.0 Å². The monoisotopic (exact) mass is 483 g/mol. The number of aromatic carboxylic acids is 1. The van der Waals surface area contributed by atoms with E-state index in [1.54, 1.807) is 18.3 Å². The number of carboxylic acids is 1. The van der Waals surface area contributed by atoms with E-state index in [1.807, 2.05) is 34.9 Å². The van der Waals surface area contributed by atoms with Crippen LogP contribution in [0.1, 0.15) is 21.5 Å². The molecule has 36 heavy (non-hydrogen) atoms. The minimum absolute atomic E-state index is 0.123. The van der Waals surface area contributed by atoms with Crippen molar-refractivity contribution < 1.29 is 28.7 Å². The van der Waals surface area contributed by atoms with E-state index < -0.39 is 29.6 Å². The predicted octanol–water partition coefficient (Wildman–Crippen LogP) is 4.19. The number of halogens is 1. The third kappa shape index (κ3) is 4.14. The Morgan fingerprint density at radius 3 is 2.47 bits per heavy atom. The summed E-state index contributed by atoms with van der Waals surface area (Å²) in [6.45, 7) is 0.352. The van der Waals surface area contributed by atoms with E-state index >= 15 is 0 Å². The number of benzene rings is 3. The predicted molar refractivity (Wildman–Crippen MR) is 130 cm³/mol. The number of hydrogen-bond acceptors (Lipinski definition) is 4. The van der Waals surface area contributed by atoms with Gasteiger partial charge in [-0.3, -0.25) is 14.9 Å². The summed E-state index contributed by atoms with van der Waals surface area (Å²) in [6.07, 6.45) is 3.16. The van der Waals surface area contributed by atoms with Crippen molar-refractivity contribution in [3.8, 4) is 0 Å². The van der Waals surface area contributed by atoms with Gasteiger partial charge in [-0.05, 0) is 54.1 Å². The molecule has 178 valence electrons. The molecule has 0 unspecified atom stereocenters. The van der Waals surface area contributed by atoms with Crippen molar-refractivity contribution in [3.63, 3.8) is 0 Å². The average Bonchev–Trinajstić information content (AvgIpc) is 3.20. The highest BCUT2D eigenvalue weighted by Gasteiger charge is 2.37. The number of anilines is 1. The zero-order valence-corrected chi connectivity index (χ0v) is 18.6. The molecule has 1 aliphatic rings. The maximum absolute atomic E-state index is 13.3. The summed E-state index contributed by atoms with van der Waals surface area (Å²) >= 11 is 0. The van der Waals surface area contributed by atoms with Crippen LogP contribution < -0.4 is 10.2 Å². The Morgan fingerprint density at radius 1 is 0.972 bits per heavy atom. The molecule has 8 nitrogen and oxygen atoms in total. The second-order valence-corrected chi connectivity index (χ2v) is 8.17. The Bertz CT molecular complexity index is 1590. The lowest BCUT2D eigenvalue weighted by Crippen LogP contribution is -2.54. The second kappa shape index (κ2) is 8.95. The first-order valence-corrected chi connectivity index (χ1v) is 10.9. The van der Waals surface area contributed by atoms with Crippen LogP contribution in [0.15, 0.2) is 84.6 Å². The van der Waals surface area contributed by atoms with Gasteiger partial charge in [-0.25, -0.2) is 18.9 Å². The molecule has 1 fully saturated rings. The number of imide groups is 2. The lowest BCUT2D eigenvalue weighted by molar-refractivity contribution is -0.122. The molecule has 0 atom stereocenters. The maximum Gasteiger partial charge on any atom is 0.335 e. The molecule has 4 amide bonds. The largest absolute Gasteiger partial charge is 0.478 e. The van der Waals surface area contributed by atoms with Gasteiger partial charge in [0.2, 0.25) is 0 Å². The fraction of sp³-hybridized carbons (Fsp3) is 0.0370. The van der Waals surface area contributed by atoms with Crippen molar-refractivity contribution in [1.82, 2.24) is 9.88 Å². The summed E-state index contributed by atoms with van der Waals surface area (Å²) in [6, 6.07) is 17.8. The minimum atomic E-state index is -1.03. The van der Waals surface area contributed by atoms with Crippen LogP contribution in [0, 0.1) is 5.82 Å². The molecular formula is C27H18FN3O5. The number of nitrogens with zero attached hydrogens (tertiary/aromatic N) is 2. The summed E-state index contributed by atoms with van der Waals surface area (Å²) in [4.78, 5) is 50.3. The van der Waals surface area contributed by atoms with Crippen LogP contribution in [0.3, 0.4) is 0 Å². The lowest BCUT2D eigenvalue weighted by Gasteiger charge is -2.26. The first-order chi connectivity index (χ1) is 17.3. The number of hydrogen-bond donors (Lipinski definition) is 2. The fourth-order valence-corrected chi connectivity index (χ4v) is 4.16. The molecule has 1 aliphatic heterocycles. The summed E-state index contributed by atoms with van der Waals surface area (Å²) < 4.78 is 15.2. The van der Waals surface area contributed by atoms with Crippen LogP contribution in [0.25, 0.3) is 17.0 Å². The minimum Gasteiger partial charge on any atom is -0.478 e. The van der Waals surface area contributed by atoms with Crippen molar-refractivity contribution >= 4 is 46.5 Å². The van der Waals surface area contributed by atoms with Gasteiger partial charge < -0.3 is 9.67 Å². The Balaban J connectivity index is 1.55. The number of amides is 4. The van der Waals surface area contributed by atoms with Gasteiger partial charge in [0, 0.05) is 29.2 Å². The Morgan fingerprint density at radius 2 is 1.72 bits per heavy atom. The maximum atomic E-state index is 13.3. The average molecular weight is 483 g/mol. The van der Waals surface area contributed by atoms with E-state index in [1.165, 1.54) is 24.3 Å². The zero-order valence-electron chi connectivity index (χ0n) is 18.6. The van der Waals surface area contributed by atoms with Crippen molar-refractivity contribution in [2.75, 3.05) is 4.90 Å². The number of para-hydroxylation sites is 1. The third-order valence-corrected chi connectivity index (χ3v) is 5.83. The van der Waals surface area contributed by atoms with E-state index in [9.17, 15) is 28.7 Å². The molecule has 0 aliphatic carbocycles. The first kappa shape index (κ1) is 22.7. The Hall–Kier alpha value is -5.05. The number of aromatic nitrogens is 1. The van der Waals surface area contributed by atoms with Crippen LogP contribution in [0.5, 0.6) is 0 Å².